The summed E-state index contributed by atoms with van der Waals surface area (Å²) in [6.07, 6.45) is 1.02. The number of halogens is 2. The van der Waals surface area contributed by atoms with Gasteiger partial charge in [-0.15, -0.1) is 0 Å². The molecule has 0 aliphatic heterocycles. The van der Waals surface area contributed by atoms with Gasteiger partial charge in [0, 0.05) is 17.1 Å². The molecule has 1 amide bonds. The molecule has 0 unspecified atom stereocenters. The van der Waals surface area contributed by atoms with E-state index in [1.54, 1.807) is 54.6 Å². The van der Waals surface area contributed by atoms with Crippen molar-refractivity contribution in [1.29, 1.82) is 0 Å². The van der Waals surface area contributed by atoms with Gasteiger partial charge >= 0.3 is 5.97 Å². The maximum atomic E-state index is 14.3. The molecule has 0 aliphatic rings. The van der Waals surface area contributed by atoms with Crippen LogP contribution in [0.5, 0.6) is 0 Å². The van der Waals surface area contributed by atoms with Crippen molar-refractivity contribution in [2.24, 2.45) is 0 Å². The number of amides is 1. The Labute approximate surface area is 199 Å². The van der Waals surface area contributed by atoms with E-state index in [4.69, 9.17) is 0 Å². The minimum Gasteiger partial charge on any atom is -0.465 e. The molecule has 1 aromatic heterocycles. The molecule has 0 aliphatic carbocycles. The molecular formula is C25H19F2N5O3. The van der Waals surface area contributed by atoms with Crippen molar-refractivity contribution in [3.63, 3.8) is 0 Å². The molecule has 1 heterocycles. The maximum Gasteiger partial charge on any atom is 0.337 e. The van der Waals surface area contributed by atoms with E-state index in [1.807, 2.05) is 0 Å². The number of aromatic nitrogens is 2. The van der Waals surface area contributed by atoms with E-state index in [9.17, 15) is 18.4 Å². The van der Waals surface area contributed by atoms with Gasteiger partial charge in [-0.05, 0) is 60.7 Å². The Kier molecular flexibility index (Phi) is 6.91. The largest absolute Gasteiger partial charge is 0.465 e. The normalized spacial score (nSPS) is 10.4. The summed E-state index contributed by atoms with van der Waals surface area (Å²) in [6, 6.07) is 18.5. The Balaban J connectivity index is 1.42. The van der Waals surface area contributed by atoms with Crippen LogP contribution in [0.1, 0.15) is 20.7 Å². The molecule has 0 spiro atoms. The van der Waals surface area contributed by atoms with Gasteiger partial charge in [0.05, 0.1) is 24.4 Å². The first-order chi connectivity index (χ1) is 16.9. The number of nitrogens with zero attached hydrogens (tertiary/aromatic N) is 2. The van der Waals surface area contributed by atoms with Crippen LogP contribution < -0.4 is 16.0 Å². The van der Waals surface area contributed by atoms with Crippen molar-refractivity contribution >= 4 is 40.7 Å². The predicted molar refractivity (Wildman–Crippen MR) is 127 cm³/mol. The number of nitrogens with one attached hydrogen (secondary N) is 3. The number of carbonyl (C=O) groups is 2. The summed E-state index contributed by atoms with van der Waals surface area (Å²) in [6.45, 7) is 0. The highest BCUT2D eigenvalue weighted by Gasteiger charge is 2.12. The molecule has 0 bridgehead atoms. The predicted octanol–water partition coefficient (Wildman–Crippen LogP) is 5.28. The molecule has 10 heteroatoms. The topological polar surface area (TPSA) is 105 Å². The Morgan fingerprint density at radius 3 is 2.11 bits per heavy atom. The number of hydrogen-bond acceptors (Lipinski definition) is 7. The fourth-order valence-electron chi connectivity index (χ4n) is 3.07. The molecule has 3 N–H and O–H groups in total. The summed E-state index contributed by atoms with van der Waals surface area (Å²) in [5.41, 5.74) is 1.83. The van der Waals surface area contributed by atoms with Crippen LogP contribution in [0.15, 0.2) is 79.0 Å². The molecule has 176 valence electrons. The molecule has 8 nitrogen and oxygen atoms in total. The van der Waals surface area contributed by atoms with Crippen molar-refractivity contribution in [3.05, 3.63) is 102 Å². The van der Waals surface area contributed by atoms with E-state index in [1.165, 1.54) is 25.3 Å². The van der Waals surface area contributed by atoms with Crippen LogP contribution in [-0.4, -0.2) is 29.0 Å². The van der Waals surface area contributed by atoms with E-state index in [0.717, 1.165) is 6.20 Å². The number of esters is 1. The molecule has 0 radical (unpaired) electrons. The number of ether oxygens (including phenoxy) is 1. The van der Waals surface area contributed by atoms with Crippen LogP contribution in [0, 0.1) is 11.6 Å². The summed E-state index contributed by atoms with van der Waals surface area (Å²) in [5, 5.41) is 8.39. The van der Waals surface area contributed by atoms with Crippen LogP contribution in [0.3, 0.4) is 0 Å². The summed E-state index contributed by atoms with van der Waals surface area (Å²) in [7, 11) is 1.30. The average Bonchev–Trinajstić information content (AvgIpc) is 2.87. The lowest BCUT2D eigenvalue weighted by Crippen LogP contribution is -2.13. The fraction of sp³-hybridized carbons (Fsp3) is 0.0400. The highest BCUT2D eigenvalue weighted by molar-refractivity contribution is 6.04. The first-order valence-corrected chi connectivity index (χ1v) is 10.3. The van der Waals surface area contributed by atoms with E-state index in [-0.39, 0.29) is 17.3 Å². The SMILES string of the molecule is COC(=O)c1ccc(Nc2ncc(F)c(Nc3ccc(NC(=O)c4ccccc4F)cc3)n2)cc1. The van der Waals surface area contributed by atoms with Gasteiger partial charge in [0.1, 0.15) is 5.82 Å². The molecule has 35 heavy (non-hydrogen) atoms. The molecule has 4 rings (SSSR count). The summed E-state index contributed by atoms with van der Waals surface area (Å²) < 4.78 is 32.7. The molecule has 4 aromatic rings. The first-order valence-electron chi connectivity index (χ1n) is 10.3. The number of hydrogen-bond donors (Lipinski definition) is 3. The van der Waals surface area contributed by atoms with Crippen LogP contribution in [0.4, 0.5) is 37.6 Å². The van der Waals surface area contributed by atoms with Crippen LogP contribution in [-0.2, 0) is 4.74 Å². The number of benzene rings is 3. The second kappa shape index (κ2) is 10.4. The van der Waals surface area contributed by atoms with Gasteiger partial charge in [-0.2, -0.15) is 4.98 Å². The van der Waals surface area contributed by atoms with E-state index < -0.39 is 23.5 Å². The lowest BCUT2D eigenvalue weighted by atomic mass is 10.2. The Hall–Kier alpha value is -4.86. The molecule has 0 saturated heterocycles. The Bertz CT molecular complexity index is 1360. The number of methoxy groups -OCH3 is 1. The van der Waals surface area contributed by atoms with Crippen molar-refractivity contribution in [2.45, 2.75) is 0 Å². The summed E-state index contributed by atoms with van der Waals surface area (Å²) in [4.78, 5) is 31.9. The number of anilines is 5. The number of rotatable bonds is 7. The van der Waals surface area contributed by atoms with E-state index in [0.29, 0.717) is 22.6 Å². The average molecular weight is 475 g/mol. The zero-order chi connectivity index (χ0) is 24.8. The van der Waals surface area contributed by atoms with E-state index in [2.05, 4.69) is 30.7 Å². The zero-order valence-corrected chi connectivity index (χ0v) is 18.4. The molecular weight excluding hydrogens is 456 g/mol. The molecule has 3 aromatic carbocycles. The first kappa shape index (κ1) is 23.3. The monoisotopic (exact) mass is 475 g/mol. The fourth-order valence-corrected chi connectivity index (χ4v) is 3.07. The standard InChI is InChI=1S/C25H19F2N5O3/c1-35-24(34)15-6-8-18(9-7-15)31-25-28-14-21(27)22(32-25)29-16-10-12-17(13-11-16)30-23(33)19-4-2-3-5-20(19)26/h2-14H,1H3,(H,30,33)(H2,28,29,31,32). The minimum atomic E-state index is -0.673. The maximum absolute atomic E-state index is 14.3. The van der Waals surface area contributed by atoms with Crippen molar-refractivity contribution < 1.29 is 23.1 Å². The van der Waals surface area contributed by atoms with Crippen molar-refractivity contribution in [2.75, 3.05) is 23.1 Å². The molecule has 0 saturated carbocycles. The second-order valence-corrected chi connectivity index (χ2v) is 7.22. The highest BCUT2D eigenvalue weighted by Crippen LogP contribution is 2.22. The quantitative estimate of drug-likeness (QED) is 0.312. The highest BCUT2D eigenvalue weighted by atomic mass is 19.1. The van der Waals surface area contributed by atoms with Gasteiger partial charge in [0.15, 0.2) is 11.6 Å². The van der Waals surface area contributed by atoms with Gasteiger partial charge < -0.3 is 20.7 Å². The van der Waals surface area contributed by atoms with Crippen molar-refractivity contribution in [3.8, 4) is 0 Å². The minimum absolute atomic E-state index is 0.0716. The van der Waals surface area contributed by atoms with E-state index >= 15 is 0 Å². The lowest BCUT2D eigenvalue weighted by Gasteiger charge is -2.11. The molecule has 0 fully saturated rings. The van der Waals surface area contributed by atoms with Crippen LogP contribution in [0.2, 0.25) is 0 Å². The van der Waals surface area contributed by atoms with Crippen molar-refractivity contribution in [1.82, 2.24) is 9.97 Å². The smallest absolute Gasteiger partial charge is 0.337 e. The Morgan fingerprint density at radius 2 is 1.43 bits per heavy atom. The van der Waals surface area contributed by atoms with Gasteiger partial charge in [-0.1, -0.05) is 12.1 Å². The second-order valence-electron chi connectivity index (χ2n) is 7.22. The Morgan fingerprint density at radius 1 is 0.800 bits per heavy atom. The van der Waals surface area contributed by atoms with Gasteiger partial charge in [0.25, 0.3) is 5.91 Å². The van der Waals surface area contributed by atoms with Gasteiger partial charge in [-0.3, -0.25) is 4.79 Å². The molecule has 0 atom stereocenters. The third kappa shape index (κ3) is 5.74. The zero-order valence-electron chi connectivity index (χ0n) is 18.4. The summed E-state index contributed by atoms with van der Waals surface area (Å²) >= 11 is 0. The third-order valence-corrected chi connectivity index (χ3v) is 4.83. The summed E-state index contributed by atoms with van der Waals surface area (Å²) in [5.74, 6) is -2.27. The van der Waals surface area contributed by atoms with Crippen LogP contribution in [0.25, 0.3) is 0 Å². The van der Waals surface area contributed by atoms with Gasteiger partial charge in [-0.25, -0.2) is 18.6 Å². The third-order valence-electron chi connectivity index (χ3n) is 4.83. The number of carbonyl (C=O) groups excluding carboxylic acids is 2. The van der Waals surface area contributed by atoms with Gasteiger partial charge in [0.2, 0.25) is 5.95 Å². The lowest BCUT2D eigenvalue weighted by molar-refractivity contribution is 0.0600. The van der Waals surface area contributed by atoms with Crippen LogP contribution >= 0.6 is 0 Å².